The third-order valence-corrected chi connectivity index (χ3v) is 5.11. The molecule has 9 heteroatoms. The molecule has 3 rings (SSSR count). The Morgan fingerprint density at radius 1 is 1.26 bits per heavy atom. The highest BCUT2D eigenvalue weighted by Gasteiger charge is 2.34. The molecule has 1 atom stereocenters. The van der Waals surface area contributed by atoms with Gasteiger partial charge in [0.1, 0.15) is 11.9 Å². The number of aromatic nitrogens is 3. The Labute approximate surface area is 134 Å². The smallest absolute Gasteiger partial charge is 0.258 e. The van der Waals surface area contributed by atoms with Crippen LogP contribution in [0.5, 0.6) is 0 Å². The third-order valence-electron chi connectivity index (χ3n) is 3.72. The lowest BCUT2D eigenvalue weighted by molar-refractivity contribution is -0.121. The van der Waals surface area contributed by atoms with Crippen LogP contribution >= 0.6 is 0 Å². The van der Waals surface area contributed by atoms with Crippen LogP contribution in [0, 0.1) is 0 Å². The molecule has 23 heavy (non-hydrogen) atoms. The second-order valence-corrected chi connectivity index (χ2v) is 6.95. The standard InChI is InChI=1S/C14H17N5O3S/c1-18-13(7-9-16-18)19-10-4-5-11(14(19)20)17-23(21,22)12-6-2-3-8-15-12/h2-3,6-9,11,17H,4-5,10H2,1H3/t11-/m1/s1. The summed E-state index contributed by atoms with van der Waals surface area (Å²) in [6.45, 7) is 0.542. The predicted octanol–water partition coefficient (Wildman–Crippen LogP) is 0.289. The minimum Gasteiger partial charge on any atom is -0.296 e. The van der Waals surface area contributed by atoms with Gasteiger partial charge in [-0.3, -0.25) is 14.4 Å². The fourth-order valence-electron chi connectivity index (χ4n) is 2.60. The molecule has 0 unspecified atom stereocenters. The number of hydrogen-bond acceptors (Lipinski definition) is 5. The van der Waals surface area contributed by atoms with E-state index in [-0.39, 0.29) is 10.9 Å². The van der Waals surface area contributed by atoms with Crippen LogP contribution in [-0.2, 0) is 21.9 Å². The van der Waals surface area contributed by atoms with Crippen molar-refractivity contribution in [1.82, 2.24) is 19.5 Å². The van der Waals surface area contributed by atoms with E-state index >= 15 is 0 Å². The van der Waals surface area contributed by atoms with Crippen molar-refractivity contribution in [2.24, 2.45) is 7.05 Å². The SMILES string of the molecule is Cn1nccc1N1CCC[C@@H](NS(=O)(=O)c2ccccn2)C1=O. The Bertz CT molecular complexity index is 803. The van der Waals surface area contributed by atoms with Gasteiger partial charge in [-0.05, 0) is 25.0 Å². The zero-order chi connectivity index (χ0) is 16.4. The average Bonchev–Trinajstić information content (AvgIpc) is 2.96. The summed E-state index contributed by atoms with van der Waals surface area (Å²) in [4.78, 5) is 18.0. The Kier molecular flexibility index (Phi) is 4.14. The van der Waals surface area contributed by atoms with Crippen LogP contribution in [0.4, 0.5) is 5.82 Å². The topological polar surface area (TPSA) is 97.2 Å². The third kappa shape index (κ3) is 3.10. The lowest BCUT2D eigenvalue weighted by Crippen LogP contribution is -2.52. The molecule has 122 valence electrons. The summed E-state index contributed by atoms with van der Waals surface area (Å²) in [5.41, 5.74) is 0. The molecule has 2 aromatic rings. The van der Waals surface area contributed by atoms with E-state index in [1.807, 2.05) is 0 Å². The number of sulfonamides is 1. The van der Waals surface area contributed by atoms with Gasteiger partial charge in [-0.25, -0.2) is 13.4 Å². The molecule has 8 nitrogen and oxygen atoms in total. The lowest BCUT2D eigenvalue weighted by atomic mass is 10.1. The Balaban J connectivity index is 1.81. The van der Waals surface area contributed by atoms with E-state index in [9.17, 15) is 13.2 Å². The molecule has 1 aliphatic rings. The van der Waals surface area contributed by atoms with E-state index in [1.165, 1.54) is 12.3 Å². The first-order valence-corrected chi connectivity index (χ1v) is 8.70. The van der Waals surface area contributed by atoms with Crippen molar-refractivity contribution in [2.45, 2.75) is 23.9 Å². The van der Waals surface area contributed by atoms with Gasteiger partial charge in [-0.15, -0.1) is 0 Å². The number of hydrogen-bond donors (Lipinski definition) is 1. The number of amides is 1. The molecule has 0 saturated carbocycles. The maximum Gasteiger partial charge on any atom is 0.258 e. The minimum atomic E-state index is -3.83. The van der Waals surface area contributed by atoms with Crippen molar-refractivity contribution in [3.8, 4) is 0 Å². The van der Waals surface area contributed by atoms with Gasteiger partial charge in [-0.1, -0.05) is 6.07 Å². The van der Waals surface area contributed by atoms with Crippen molar-refractivity contribution in [3.63, 3.8) is 0 Å². The van der Waals surface area contributed by atoms with Crippen LogP contribution in [0.15, 0.2) is 41.7 Å². The van der Waals surface area contributed by atoms with Gasteiger partial charge in [0, 0.05) is 25.9 Å². The molecule has 0 radical (unpaired) electrons. The number of rotatable bonds is 4. The molecule has 1 fully saturated rings. The molecule has 0 bridgehead atoms. The number of anilines is 1. The van der Waals surface area contributed by atoms with Crippen molar-refractivity contribution in [2.75, 3.05) is 11.4 Å². The van der Waals surface area contributed by atoms with E-state index < -0.39 is 16.1 Å². The molecule has 0 aromatic carbocycles. The molecule has 1 aliphatic heterocycles. The van der Waals surface area contributed by atoms with Crippen molar-refractivity contribution in [1.29, 1.82) is 0 Å². The number of nitrogens with zero attached hydrogens (tertiary/aromatic N) is 4. The fraction of sp³-hybridized carbons (Fsp3) is 0.357. The lowest BCUT2D eigenvalue weighted by Gasteiger charge is -2.32. The maximum absolute atomic E-state index is 12.6. The Hall–Kier alpha value is -2.26. The van der Waals surface area contributed by atoms with Gasteiger partial charge in [0.2, 0.25) is 5.91 Å². The summed E-state index contributed by atoms with van der Waals surface area (Å²) in [7, 11) is -2.09. The zero-order valence-corrected chi connectivity index (χ0v) is 13.4. The van der Waals surface area contributed by atoms with E-state index in [0.717, 1.165) is 0 Å². The van der Waals surface area contributed by atoms with Crippen LogP contribution in [-0.4, -0.2) is 41.7 Å². The summed E-state index contributed by atoms with van der Waals surface area (Å²) in [5.74, 6) is 0.371. The normalized spacial score (nSPS) is 19.1. The van der Waals surface area contributed by atoms with Crippen LogP contribution in [0.25, 0.3) is 0 Å². The van der Waals surface area contributed by atoms with E-state index in [1.54, 1.807) is 41.0 Å². The van der Waals surface area contributed by atoms with Crippen LogP contribution in [0.2, 0.25) is 0 Å². The summed E-state index contributed by atoms with van der Waals surface area (Å²) >= 11 is 0. The summed E-state index contributed by atoms with van der Waals surface area (Å²) in [6, 6.07) is 5.55. The van der Waals surface area contributed by atoms with Gasteiger partial charge >= 0.3 is 0 Å². The predicted molar refractivity (Wildman–Crippen MR) is 83.1 cm³/mol. The monoisotopic (exact) mass is 335 g/mol. The van der Waals surface area contributed by atoms with Crippen LogP contribution < -0.4 is 9.62 Å². The minimum absolute atomic E-state index is 0.0922. The number of aryl methyl sites for hydroxylation is 1. The molecule has 2 aromatic heterocycles. The van der Waals surface area contributed by atoms with Gasteiger partial charge in [-0.2, -0.15) is 9.82 Å². The highest BCUT2D eigenvalue weighted by atomic mass is 32.2. The van der Waals surface area contributed by atoms with E-state index in [2.05, 4.69) is 14.8 Å². The summed E-state index contributed by atoms with van der Waals surface area (Å²) < 4.78 is 28.7. The molecular weight excluding hydrogens is 318 g/mol. The molecule has 1 amide bonds. The Morgan fingerprint density at radius 2 is 2.09 bits per heavy atom. The number of pyridine rings is 1. The van der Waals surface area contributed by atoms with E-state index in [0.29, 0.717) is 25.2 Å². The maximum atomic E-state index is 12.6. The van der Waals surface area contributed by atoms with Gasteiger partial charge in [0.25, 0.3) is 10.0 Å². The highest BCUT2D eigenvalue weighted by Crippen LogP contribution is 2.21. The second kappa shape index (κ2) is 6.09. The number of carbonyl (C=O) groups is 1. The van der Waals surface area contributed by atoms with Crippen LogP contribution in [0.3, 0.4) is 0 Å². The summed E-state index contributed by atoms with van der Waals surface area (Å²) in [6.07, 6.45) is 4.16. The first-order valence-electron chi connectivity index (χ1n) is 7.22. The van der Waals surface area contributed by atoms with Crippen molar-refractivity contribution >= 4 is 21.7 Å². The average molecular weight is 335 g/mol. The molecule has 0 spiro atoms. The highest BCUT2D eigenvalue weighted by molar-refractivity contribution is 7.89. The fourth-order valence-corrected chi connectivity index (χ4v) is 3.77. The van der Waals surface area contributed by atoms with Crippen molar-refractivity contribution < 1.29 is 13.2 Å². The molecule has 3 heterocycles. The molecule has 0 aliphatic carbocycles. The largest absolute Gasteiger partial charge is 0.296 e. The Morgan fingerprint density at radius 3 is 2.74 bits per heavy atom. The summed E-state index contributed by atoms with van der Waals surface area (Å²) in [5, 5.41) is 3.96. The zero-order valence-electron chi connectivity index (χ0n) is 12.6. The van der Waals surface area contributed by atoms with Crippen LogP contribution in [0.1, 0.15) is 12.8 Å². The van der Waals surface area contributed by atoms with Crippen molar-refractivity contribution in [3.05, 3.63) is 36.7 Å². The molecular formula is C14H17N5O3S. The second-order valence-electron chi connectivity index (χ2n) is 5.29. The first kappa shape index (κ1) is 15.6. The van der Waals surface area contributed by atoms with Gasteiger partial charge < -0.3 is 0 Å². The number of piperidine rings is 1. The molecule has 1 N–H and O–H groups in total. The quantitative estimate of drug-likeness (QED) is 0.866. The first-order chi connectivity index (χ1) is 11.0. The van der Waals surface area contributed by atoms with Gasteiger partial charge in [0.15, 0.2) is 5.03 Å². The van der Waals surface area contributed by atoms with E-state index in [4.69, 9.17) is 0 Å². The number of carbonyl (C=O) groups excluding carboxylic acids is 1. The van der Waals surface area contributed by atoms with Gasteiger partial charge in [0.05, 0.1) is 6.20 Å². The molecule has 1 saturated heterocycles. The number of nitrogens with one attached hydrogen (secondary N) is 1.